The Morgan fingerprint density at radius 3 is 1.97 bits per heavy atom. The summed E-state index contributed by atoms with van der Waals surface area (Å²) in [5.74, 6) is -0.783. The standard InChI is InChI=1S/C25H26N4O4S/c1-18(20-14-16-22(17-15-20)26-25(31)21-10-6-4-7-11-21)27-28-24(30)19(2)29(34(3,32)33)23-12-8-5-9-13-23/h4-17,19H,1-3H3,(H,26,31)(H,28,30)/b27-18-/t19-/m0/s1. The van der Waals surface area contributed by atoms with Crippen molar-refractivity contribution in [3.63, 3.8) is 0 Å². The molecule has 0 aliphatic rings. The molecule has 0 spiro atoms. The Morgan fingerprint density at radius 2 is 1.41 bits per heavy atom. The Balaban J connectivity index is 1.66. The molecule has 3 aromatic carbocycles. The van der Waals surface area contributed by atoms with Crippen LogP contribution in [0.25, 0.3) is 0 Å². The number of hydrazone groups is 1. The van der Waals surface area contributed by atoms with E-state index < -0.39 is 22.0 Å². The van der Waals surface area contributed by atoms with Crippen molar-refractivity contribution in [2.45, 2.75) is 19.9 Å². The number of carbonyl (C=O) groups excluding carboxylic acids is 2. The number of para-hydroxylation sites is 1. The summed E-state index contributed by atoms with van der Waals surface area (Å²) in [6, 6.07) is 23.3. The molecule has 0 aliphatic heterocycles. The van der Waals surface area contributed by atoms with Gasteiger partial charge in [0, 0.05) is 11.3 Å². The van der Waals surface area contributed by atoms with E-state index in [1.165, 1.54) is 6.92 Å². The Labute approximate surface area is 199 Å². The first-order valence-corrected chi connectivity index (χ1v) is 12.4. The van der Waals surface area contributed by atoms with E-state index in [0.29, 0.717) is 22.6 Å². The molecule has 3 rings (SSSR count). The van der Waals surface area contributed by atoms with E-state index in [1.807, 2.05) is 6.07 Å². The van der Waals surface area contributed by atoms with Crippen molar-refractivity contribution >= 4 is 38.9 Å². The molecule has 3 aromatic rings. The quantitative estimate of drug-likeness (QED) is 0.381. The summed E-state index contributed by atoms with van der Waals surface area (Å²) < 4.78 is 25.7. The minimum atomic E-state index is -3.70. The fraction of sp³-hybridized carbons (Fsp3) is 0.160. The molecule has 0 bridgehead atoms. The van der Waals surface area contributed by atoms with E-state index >= 15 is 0 Å². The summed E-state index contributed by atoms with van der Waals surface area (Å²) in [6.07, 6.45) is 1.05. The Morgan fingerprint density at radius 1 is 0.853 bits per heavy atom. The zero-order valence-electron chi connectivity index (χ0n) is 19.1. The number of hydrogen-bond acceptors (Lipinski definition) is 5. The van der Waals surface area contributed by atoms with Gasteiger partial charge in [-0.05, 0) is 55.8 Å². The number of benzene rings is 3. The number of hydrogen-bond donors (Lipinski definition) is 2. The second-order valence-corrected chi connectivity index (χ2v) is 9.50. The lowest BCUT2D eigenvalue weighted by Gasteiger charge is -2.27. The second kappa shape index (κ2) is 10.8. The number of nitrogens with zero attached hydrogens (tertiary/aromatic N) is 2. The molecule has 9 heteroatoms. The predicted octanol–water partition coefficient (Wildman–Crippen LogP) is 3.63. The van der Waals surface area contributed by atoms with Crippen LogP contribution in [-0.4, -0.2) is 38.2 Å². The van der Waals surface area contributed by atoms with Gasteiger partial charge < -0.3 is 5.32 Å². The number of carbonyl (C=O) groups is 2. The average molecular weight is 479 g/mol. The van der Waals surface area contributed by atoms with Gasteiger partial charge >= 0.3 is 0 Å². The average Bonchev–Trinajstić information content (AvgIpc) is 2.83. The third-order valence-corrected chi connectivity index (χ3v) is 6.27. The van der Waals surface area contributed by atoms with E-state index in [9.17, 15) is 18.0 Å². The molecule has 0 unspecified atom stereocenters. The van der Waals surface area contributed by atoms with Crippen molar-refractivity contribution in [1.29, 1.82) is 0 Å². The molecule has 0 radical (unpaired) electrons. The molecular weight excluding hydrogens is 452 g/mol. The lowest BCUT2D eigenvalue weighted by atomic mass is 10.1. The summed E-state index contributed by atoms with van der Waals surface area (Å²) in [5.41, 5.74) is 5.26. The zero-order valence-corrected chi connectivity index (χ0v) is 19.9. The van der Waals surface area contributed by atoms with Gasteiger partial charge in [0.05, 0.1) is 17.7 Å². The predicted molar refractivity (Wildman–Crippen MR) is 134 cm³/mol. The van der Waals surface area contributed by atoms with Gasteiger partial charge in [-0.15, -0.1) is 0 Å². The van der Waals surface area contributed by atoms with Crippen LogP contribution in [0.2, 0.25) is 0 Å². The summed E-state index contributed by atoms with van der Waals surface area (Å²) in [5, 5.41) is 6.94. The van der Waals surface area contributed by atoms with Gasteiger partial charge in [-0.1, -0.05) is 48.5 Å². The topological polar surface area (TPSA) is 108 Å². The zero-order chi connectivity index (χ0) is 24.7. The third-order valence-electron chi connectivity index (χ3n) is 5.03. The lowest BCUT2D eigenvalue weighted by Crippen LogP contribution is -2.46. The highest BCUT2D eigenvalue weighted by atomic mass is 32.2. The Kier molecular flexibility index (Phi) is 7.80. The van der Waals surface area contributed by atoms with Crippen LogP contribution in [0, 0.1) is 0 Å². The molecule has 34 heavy (non-hydrogen) atoms. The molecular formula is C25H26N4O4S. The SMILES string of the molecule is C/C(=N/NC(=O)[C@H](C)N(c1ccccc1)S(C)(=O)=O)c1ccc(NC(=O)c2ccccc2)cc1. The van der Waals surface area contributed by atoms with Gasteiger partial charge in [0.1, 0.15) is 6.04 Å². The molecule has 0 aromatic heterocycles. The van der Waals surface area contributed by atoms with Crippen molar-refractivity contribution in [2.75, 3.05) is 15.9 Å². The number of anilines is 2. The highest BCUT2D eigenvalue weighted by Gasteiger charge is 2.28. The maximum atomic E-state index is 12.7. The molecule has 8 nitrogen and oxygen atoms in total. The van der Waals surface area contributed by atoms with Crippen LogP contribution in [0.5, 0.6) is 0 Å². The summed E-state index contributed by atoms with van der Waals surface area (Å²) in [4.78, 5) is 25.0. The van der Waals surface area contributed by atoms with Gasteiger partial charge in [0.25, 0.3) is 11.8 Å². The second-order valence-electron chi connectivity index (χ2n) is 7.64. The number of rotatable bonds is 8. The first kappa shape index (κ1) is 24.7. The van der Waals surface area contributed by atoms with Crippen LogP contribution in [0.15, 0.2) is 90.0 Å². The fourth-order valence-corrected chi connectivity index (χ4v) is 4.44. The van der Waals surface area contributed by atoms with Crippen LogP contribution in [0.1, 0.15) is 29.8 Å². The molecule has 0 saturated carbocycles. The van der Waals surface area contributed by atoms with E-state index in [2.05, 4.69) is 15.8 Å². The molecule has 0 fully saturated rings. The summed E-state index contributed by atoms with van der Waals surface area (Å²) in [6.45, 7) is 3.21. The monoisotopic (exact) mass is 478 g/mol. The first-order chi connectivity index (χ1) is 16.2. The van der Waals surface area contributed by atoms with E-state index in [1.54, 1.807) is 85.8 Å². The van der Waals surface area contributed by atoms with Gasteiger partial charge in [-0.2, -0.15) is 5.10 Å². The molecule has 1 atom stereocenters. The van der Waals surface area contributed by atoms with Crippen LogP contribution in [0.4, 0.5) is 11.4 Å². The molecule has 0 saturated heterocycles. The number of sulfonamides is 1. The first-order valence-electron chi connectivity index (χ1n) is 10.5. The summed E-state index contributed by atoms with van der Waals surface area (Å²) >= 11 is 0. The largest absolute Gasteiger partial charge is 0.322 e. The molecule has 0 aliphatic carbocycles. The van der Waals surface area contributed by atoms with E-state index in [0.717, 1.165) is 16.1 Å². The fourth-order valence-electron chi connectivity index (χ4n) is 3.27. The third kappa shape index (κ3) is 6.29. The molecule has 0 heterocycles. The lowest BCUT2D eigenvalue weighted by molar-refractivity contribution is -0.121. The van der Waals surface area contributed by atoms with Crippen LogP contribution in [-0.2, 0) is 14.8 Å². The van der Waals surface area contributed by atoms with Crippen molar-refractivity contribution in [3.05, 3.63) is 96.1 Å². The van der Waals surface area contributed by atoms with E-state index in [-0.39, 0.29) is 5.91 Å². The maximum Gasteiger partial charge on any atom is 0.263 e. The summed E-state index contributed by atoms with van der Waals surface area (Å²) in [7, 11) is -3.70. The van der Waals surface area contributed by atoms with E-state index in [4.69, 9.17) is 0 Å². The highest BCUT2D eigenvalue weighted by Crippen LogP contribution is 2.20. The van der Waals surface area contributed by atoms with Gasteiger partial charge in [0.15, 0.2) is 0 Å². The minimum Gasteiger partial charge on any atom is -0.322 e. The van der Waals surface area contributed by atoms with Crippen molar-refractivity contribution in [1.82, 2.24) is 5.43 Å². The molecule has 2 amide bonds. The highest BCUT2D eigenvalue weighted by molar-refractivity contribution is 7.92. The minimum absolute atomic E-state index is 0.214. The van der Waals surface area contributed by atoms with Crippen LogP contribution < -0.4 is 15.0 Å². The maximum absolute atomic E-state index is 12.7. The van der Waals surface area contributed by atoms with Crippen molar-refractivity contribution < 1.29 is 18.0 Å². The number of nitrogens with one attached hydrogen (secondary N) is 2. The van der Waals surface area contributed by atoms with Gasteiger partial charge in [0.2, 0.25) is 10.0 Å². The molecule has 176 valence electrons. The van der Waals surface area contributed by atoms with Crippen molar-refractivity contribution in [3.8, 4) is 0 Å². The van der Waals surface area contributed by atoms with Crippen molar-refractivity contribution in [2.24, 2.45) is 5.10 Å². The molecule has 2 N–H and O–H groups in total. The van der Waals surface area contributed by atoms with Crippen LogP contribution in [0.3, 0.4) is 0 Å². The Hall–Kier alpha value is -3.98. The van der Waals surface area contributed by atoms with Gasteiger partial charge in [-0.25, -0.2) is 13.8 Å². The number of amides is 2. The van der Waals surface area contributed by atoms with Gasteiger partial charge in [-0.3, -0.25) is 13.9 Å². The smallest absolute Gasteiger partial charge is 0.263 e. The van der Waals surface area contributed by atoms with Crippen LogP contribution >= 0.6 is 0 Å². The normalized spacial score (nSPS) is 12.5. The Bertz CT molecular complexity index is 1280.